The fourth-order valence-corrected chi connectivity index (χ4v) is 2.72. The van der Waals surface area contributed by atoms with Crippen molar-refractivity contribution in [3.8, 4) is 11.5 Å². The summed E-state index contributed by atoms with van der Waals surface area (Å²) in [7, 11) is 2.93. The average Bonchev–Trinajstić information content (AvgIpc) is 2.66. The number of rotatable bonds is 7. The predicted molar refractivity (Wildman–Crippen MR) is 101 cm³/mol. The molecule has 0 aliphatic carbocycles. The number of nitrogens with one attached hydrogen (secondary N) is 2. The van der Waals surface area contributed by atoms with Crippen molar-refractivity contribution in [1.82, 2.24) is 10.6 Å². The Hall–Kier alpha value is -2.44. The minimum atomic E-state index is -0.440. The minimum Gasteiger partial charge on any atom is -0.497 e. The first-order valence-electron chi connectivity index (χ1n) is 7.70. The fourth-order valence-electron chi connectivity index (χ4n) is 2.25. The summed E-state index contributed by atoms with van der Waals surface area (Å²) in [5, 5.41) is 5.89. The van der Waals surface area contributed by atoms with E-state index in [4.69, 9.17) is 32.7 Å². The highest BCUT2D eigenvalue weighted by Gasteiger charge is 2.19. The first-order chi connectivity index (χ1) is 12.5. The number of ether oxygens (including phenoxy) is 2. The molecule has 0 saturated heterocycles. The van der Waals surface area contributed by atoms with Gasteiger partial charge in [0, 0.05) is 18.7 Å². The number of hydrogen-bond acceptors (Lipinski definition) is 4. The molecule has 0 heterocycles. The number of methoxy groups -OCH3 is 2. The molecule has 0 atom stereocenters. The monoisotopic (exact) mass is 396 g/mol. The fraction of sp³-hybridized carbons (Fsp3) is 0.222. The van der Waals surface area contributed by atoms with Gasteiger partial charge in [-0.1, -0.05) is 29.3 Å². The summed E-state index contributed by atoms with van der Waals surface area (Å²) in [6.07, 6.45) is 0. The maximum Gasteiger partial charge on any atom is 0.256 e. The minimum absolute atomic E-state index is 0.154. The summed E-state index contributed by atoms with van der Waals surface area (Å²) in [6, 6.07) is 9.85. The molecule has 0 unspecified atom stereocenters. The van der Waals surface area contributed by atoms with Gasteiger partial charge in [-0.2, -0.15) is 0 Å². The molecule has 0 radical (unpaired) electrons. The van der Waals surface area contributed by atoms with Gasteiger partial charge >= 0.3 is 0 Å². The SMILES string of the molecule is COc1cccc(C(=O)NCCNC(=O)c2c(Cl)ccc(Cl)c2OC)c1. The molecule has 0 aliphatic rings. The predicted octanol–water partition coefficient (Wildman–Crippen LogP) is 3.17. The first kappa shape index (κ1) is 19.9. The number of benzene rings is 2. The van der Waals surface area contributed by atoms with Crippen LogP contribution in [0.25, 0.3) is 0 Å². The molecule has 138 valence electrons. The molecule has 0 bridgehead atoms. The van der Waals surface area contributed by atoms with E-state index in [1.165, 1.54) is 20.3 Å². The van der Waals surface area contributed by atoms with Crippen molar-refractivity contribution in [1.29, 1.82) is 0 Å². The Balaban J connectivity index is 1.91. The molecule has 2 aromatic carbocycles. The third-order valence-corrected chi connectivity index (χ3v) is 4.13. The third kappa shape index (κ3) is 4.80. The van der Waals surface area contributed by atoms with E-state index in [0.717, 1.165) is 0 Å². The largest absolute Gasteiger partial charge is 0.497 e. The quantitative estimate of drug-likeness (QED) is 0.704. The topological polar surface area (TPSA) is 76.7 Å². The number of halogens is 2. The molecule has 26 heavy (non-hydrogen) atoms. The Morgan fingerprint density at radius 3 is 2.23 bits per heavy atom. The van der Waals surface area contributed by atoms with Crippen molar-refractivity contribution in [2.24, 2.45) is 0 Å². The van der Waals surface area contributed by atoms with Gasteiger partial charge in [0.1, 0.15) is 11.3 Å². The van der Waals surface area contributed by atoms with E-state index >= 15 is 0 Å². The van der Waals surface area contributed by atoms with Crippen molar-refractivity contribution in [2.45, 2.75) is 0 Å². The number of hydrogen-bond donors (Lipinski definition) is 2. The lowest BCUT2D eigenvalue weighted by Crippen LogP contribution is -2.35. The van der Waals surface area contributed by atoms with Crippen LogP contribution in [0.4, 0.5) is 0 Å². The Morgan fingerprint density at radius 1 is 0.923 bits per heavy atom. The van der Waals surface area contributed by atoms with Crippen LogP contribution in [0.2, 0.25) is 10.0 Å². The highest BCUT2D eigenvalue weighted by atomic mass is 35.5. The lowest BCUT2D eigenvalue weighted by Gasteiger charge is -2.12. The molecule has 0 aromatic heterocycles. The van der Waals surface area contributed by atoms with Gasteiger partial charge in [-0.15, -0.1) is 0 Å². The van der Waals surface area contributed by atoms with E-state index < -0.39 is 5.91 Å². The van der Waals surface area contributed by atoms with E-state index in [1.807, 2.05) is 0 Å². The van der Waals surface area contributed by atoms with Crippen LogP contribution >= 0.6 is 23.2 Å². The summed E-state index contributed by atoms with van der Waals surface area (Å²) in [6.45, 7) is 0.447. The van der Waals surface area contributed by atoms with Crippen molar-refractivity contribution in [3.63, 3.8) is 0 Å². The maximum absolute atomic E-state index is 12.3. The summed E-state index contributed by atoms with van der Waals surface area (Å²) in [4.78, 5) is 24.4. The van der Waals surface area contributed by atoms with Crippen molar-refractivity contribution < 1.29 is 19.1 Å². The third-order valence-electron chi connectivity index (χ3n) is 3.52. The normalized spacial score (nSPS) is 10.2. The van der Waals surface area contributed by atoms with E-state index in [9.17, 15) is 9.59 Å². The second-order valence-corrected chi connectivity index (χ2v) is 6.00. The zero-order chi connectivity index (χ0) is 19.1. The molecule has 8 heteroatoms. The van der Waals surface area contributed by atoms with Crippen LogP contribution in [0, 0.1) is 0 Å². The van der Waals surface area contributed by atoms with Gasteiger partial charge in [0.05, 0.1) is 24.3 Å². The van der Waals surface area contributed by atoms with E-state index in [0.29, 0.717) is 11.3 Å². The van der Waals surface area contributed by atoms with E-state index in [2.05, 4.69) is 10.6 Å². The summed E-state index contributed by atoms with van der Waals surface area (Å²) in [5.41, 5.74) is 0.621. The molecule has 2 amide bonds. The van der Waals surface area contributed by atoms with Gasteiger partial charge < -0.3 is 20.1 Å². The highest BCUT2D eigenvalue weighted by Crippen LogP contribution is 2.33. The van der Waals surface area contributed by atoms with Gasteiger partial charge in [-0.3, -0.25) is 9.59 Å². The maximum atomic E-state index is 12.3. The smallest absolute Gasteiger partial charge is 0.256 e. The van der Waals surface area contributed by atoms with Crippen molar-refractivity contribution in [3.05, 3.63) is 57.6 Å². The second kappa shape index (κ2) is 9.31. The van der Waals surface area contributed by atoms with E-state index in [-0.39, 0.29) is 40.4 Å². The summed E-state index contributed by atoms with van der Waals surface area (Å²) in [5.74, 6) is 0.0900. The molecule has 2 aromatic rings. The van der Waals surface area contributed by atoms with Crippen LogP contribution in [0.15, 0.2) is 36.4 Å². The van der Waals surface area contributed by atoms with Gasteiger partial charge in [0.25, 0.3) is 11.8 Å². The number of carbonyl (C=O) groups excluding carboxylic acids is 2. The molecular formula is C18H18Cl2N2O4. The van der Waals surface area contributed by atoms with E-state index in [1.54, 1.807) is 30.3 Å². The molecule has 0 saturated carbocycles. The van der Waals surface area contributed by atoms with Crippen LogP contribution in [-0.2, 0) is 0 Å². The van der Waals surface area contributed by atoms with Gasteiger partial charge in [0.15, 0.2) is 5.75 Å². The Bertz CT molecular complexity index is 812. The molecule has 0 fully saturated rings. The average molecular weight is 397 g/mol. The van der Waals surface area contributed by atoms with Crippen LogP contribution in [0.3, 0.4) is 0 Å². The lowest BCUT2D eigenvalue weighted by atomic mass is 10.2. The van der Waals surface area contributed by atoms with Crippen LogP contribution < -0.4 is 20.1 Å². The Kier molecular flexibility index (Phi) is 7.12. The molecule has 0 aliphatic heterocycles. The molecule has 6 nitrogen and oxygen atoms in total. The standard InChI is InChI=1S/C18H18Cl2N2O4/c1-25-12-5-3-4-11(10-12)17(23)21-8-9-22-18(24)15-13(19)6-7-14(20)16(15)26-2/h3-7,10H,8-9H2,1-2H3,(H,21,23)(H,22,24). The van der Waals surface area contributed by atoms with Crippen LogP contribution in [0.5, 0.6) is 11.5 Å². The molecular weight excluding hydrogens is 379 g/mol. The van der Waals surface area contributed by atoms with Gasteiger partial charge in [-0.05, 0) is 30.3 Å². The molecule has 2 rings (SSSR count). The summed E-state index contributed by atoms with van der Waals surface area (Å²) < 4.78 is 10.2. The van der Waals surface area contributed by atoms with Crippen LogP contribution in [-0.4, -0.2) is 39.1 Å². The molecule has 2 N–H and O–H groups in total. The van der Waals surface area contributed by atoms with Crippen LogP contribution in [0.1, 0.15) is 20.7 Å². The zero-order valence-electron chi connectivity index (χ0n) is 14.3. The van der Waals surface area contributed by atoms with Gasteiger partial charge in [-0.25, -0.2) is 0 Å². The van der Waals surface area contributed by atoms with Crippen molar-refractivity contribution in [2.75, 3.05) is 27.3 Å². The highest BCUT2D eigenvalue weighted by molar-refractivity contribution is 6.37. The second-order valence-electron chi connectivity index (χ2n) is 5.18. The Morgan fingerprint density at radius 2 is 1.58 bits per heavy atom. The van der Waals surface area contributed by atoms with Crippen molar-refractivity contribution >= 4 is 35.0 Å². The molecule has 0 spiro atoms. The number of amides is 2. The van der Waals surface area contributed by atoms with Gasteiger partial charge in [0.2, 0.25) is 0 Å². The summed E-state index contributed by atoms with van der Waals surface area (Å²) >= 11 is 12.1. The lowest BCUT2D eigenvalue weighted by molar-refractivity contribution is 0.0926. The number of carbonyl (C=O) groups is 2. The first-order valence-corrected chi connectivity index (χ1v) is 8.46. The zero-order valence-corrected chi connectivity index (χ0v) is 15.8. The Labute approximate surface area is 161 Å².